The van der Waals surface area contributed by atoms with Crippen molar-refractivity contribution in [3.63, 3.8) is 0 Å². The van der Waals surface area contributed by atoms with Gasteiger partial charge in [0, 0.05) is 17.9 Å². The van der Waals surface area contributed by atoms with Crippen molar-refractivity contribution in [2.75, 3.05) is 18.4 Å². The van der Waals surface area contributed by atoms with E-state index in [1.54, 1.807) is 0 Å². The highest BCUT2D eigenvalue weighted by Crippen LogP contribution is 2.34. The highest BCUT2D eigenvalue weighted by molar-refractivity contribution is 5.90. The first-order valence-electron chi connectivity index (χ1n) is 8.93. The Morgan fingerprint density at radius 1 is 1.21 bits per heavy atom. The Balaban J connectivity index is 1.67. The number of anilines is 1. The van der Waals surface area contributed by atoms with E-state index in [2.05, 4.69) is 15.3 Å². The first-order valence-corrected chi connectivity index (χ1v) is 8.93. The number of hydrogen-bond donors (Lipinski definition) is 1. The first-order chi connectivity index (χ1) is 13.2. The minimum Gasteiger partial charge on any atom is -0.458 e. The second-order valence-corrected chi connectivity index (χ2v) is 6.73. The molecule has 0 aliphatic carbocycles. The summed E-state index contributed by atoms with van der Waals surface area (Å²) in [6.45, 7) is 4.35. The summed E-state index contributed by atoms with van der Waals surface area (Å²) in [5.41, 5.74) is 0.408. The Kier molecular flexibility index (Phi) is 5.71. The lowest BCUT2D eigenvalue weighted by Crippen LogP contribution is -2.46. The number of hydrogen-bond acceptors (Lipinski definition) is 4. The van der Waals surface area contributed by atoms with Gasteiger partial charge < -0.3 is 15.0 Å². The Morgan fingerprint density at radius 3 is 2.57 bits per heavy atom. The zero-order chi connectivity index (χ0) is 20.3. The monoisotopic (exact) mass is 394 g/mol. The average Bonchev–Trinajstić information content (AvgIpc) is 2.60. The molecule has 150 valence electrons. The van der Waals surface area contributed by atoms with Crippen molar-refractivity contribution in [2.24, 2.45) is 0 Å². The SMILES string of the molecule is Cc1cc(C)nc(OC2CCCN(C(=O)Nc3ccccc3C(F)(F)F)C2)n1. The number of carbonyl (C=O) groups excluding carboxylic acids is 1. The zero-order valence-electron chi connectivity index (χ0n) is 15.6. The molecule has 9 heteroatoms. The summed E-state index contributed by atoms with van der Waals surface area (Å²) >= 11 is 0. The van der Waals surface area contributed by atoms with Crippen molar-refractivity contribution in [3.8, 4) is 6.01 Å². The van der Waals surface area contributed by atoms with Crippen LogP contribution in [0.25, 0.3) is 0 Å². The highest BCUT2D eigenvalue weighted by Gasteiger charge is 2.34. The predicted octanol–water partition coefficient (Wildman–Crippen LogP) is 4.19. The Morgan fingerprint density at radius 2 is 1.89 bits per heavy atom. The van der Waals surface area contributed by atoms with Gasteiger partial charge in [-0.1, -0.05) is 12.1 Å². The normalized spacial score (nSPS) is 17.3. The summed E-state index contributed by atoms with van der Waals surface area (Å²) in [6, 6.07) is 6.39. The number of aryl methyl sites for hydroxylation is 2. The molecule has 1 atom stereocenters. The van der Waals surface area contributed by atoms with Crippen LogP contribution in [0.1, 0.15) is 29.8 Å². The number of alkyl halides is 3. The van der Waals surface area contributed by atoms with Crippen molar-refractivity contribution >= 4 is 11.7 Å². The van der Waals surface area contributed by atoms with Crippen molar-refractivity contribution in [1.82, 2.24) is 14.9 Å². The number of piperidine rings is 1. The average molecular weight is 394 g/mol. The molecule has 3 rings (SSSR count). The molecule has 1 N–H and O–H groups in total. The summed E-state index contributed by atoms with van der Waals surface area (Å²) in [7, 11) is 0. The Bertz CT molecular complexity index is 837. The van der Waals surface area contributed by atoms with Gasteiger partial charge in [-0.15, -0.1) is 0 Å². The van der Waals surface area contributed by atoms with E-state index in [4.69, 9.17) is 4.74 Å². The molecule has 0 bridgehead atoms. The van der Waals surface area contributed by atoms with Crippen LogP contribution in [-0.4, -0.2) is 40.1 Å². The molecule has 1 aliphatic heterocycles. The number of benzene rings is 1. The van der Waals surface area contributed by atoms with Crippen molar-refractivity contribution in [3.05, 3.63) is 47.3 Å². The largest absolute Gasteiger partial charge is 0.458 e. The topological polar surface area (TPSA) is 67.3 Å². The van der Waals surface area contributed by atoms with E-state index >= 15 is 0 Å². The van der Waals surface area contributed by atoms with Crippen LogP contribution in [0.5, 0.6) is 6.01 Å². The number of para-hydroxylation sites is 1. The smallest absolute Gasteiger partial charge is 0.418 e. The molecule has 1 aromatic heterocycles. The fraction of sp³-hybridized carbons (Fsp3) is 0.421. The molecule has 1 aromatic carbocycles. The van der Waals surface area contributed by atoms with Gasteiger partial charge in [-0.05, 0) is 44.9 Å². The van der Waals surface area contributed by atoms with Crippen LogP contribution in [0.2, 0.25) is 0 Å². The van der Waals surface area contributed by atoms with Gasteiger partial charge in [0.25, 0.3) is 0 Å². The van der Waals surface area contributed by atoms with Gasteiger partial charge in [-0.3, -0.25) is 0 Å². The van der Waals surface area contributed by atoms with Crippen molar-refractivity contribution in [1.29, 1.82) is 0 Å². The van der Waals surface area contributed by atoms with E-state index in [-0.39, 0.29) is 24.3 Å². The van der Waals surface area contributed by atoms with Gasteiger partial charge in [0.05, 0.1) is 17.8 Å². The number of halogens is 3. The van der Waals surface area contributed by atoms with Crippen LogP contribution in [-0.2, 0) is 6.18 Å². The van der Waals surface area contributed by atoms with Crippen LogP contribution in [0.15, 0.2) is 30.3 Å². The third kappa shape index (κ3) is 4.90. The quantitative estimate of drug-likeness (QED) is 0.848. The summed E-state index contributed by atoms with van der Waals surface area (Å²) in [5, 5.41) is 2.37. The molecule has 2 amide bonds. The lowest BCUT2D eigenvalue weighted by Gasteiger charge is -2.32. The third-order valence-electron chi connectivity index (χ3n) is 4.37. The van der Waals surface area contributed by atoms with Crippen LogP contribution in [0, 0.1) is 13.8 Å². The van der Waals surface area contributed by atoms with Gasteiger partial charge in [-0.25, -0.2) is 14.8 Å². The van der Waals surface area contributed by atoms with Crippen molar-refractivity contribution in [2.45, 2.75) is 39.0 Å². The van der Waals surface area contributed by atoms with Crippen molar-refractivity contribution < 1.29 is 22.7 Å². The summed E-state index contributed by atoms with van der Waals surface area (Å²) in [4.78, 5) is 22.4. The van der Waals surface area contributed by atoms with Crippen LogP contribution in [0.3, 0.4) is 0 Å². The fourth-order valence-electron chi connectivity index (χ4n) is 3.15. The molecule has 0 saturated carbocycles. The van der Waals surface area contributed by atoms with E-state index in [1.807, 2.05) is 19.9 Å². The number of nitrogens with one attached hydrogen (secondary N) is 1. The fourth-order valence-corrected chi connectivity index (χ4v) is 3.15. The Labute approximate surface area is 160 Å². The predicted molar refractivity (Wildman–Crippen MR) is 97.2 cm³/mol. The standard InChI is InChI=1S/C19H21F3N4O2/c1-12-10-13(2)24-17(23-12)28-14-6-5-9-26(11-14)18(27)25-16-8-4-3-7-15(16)19(20,21)22/h3-4,7-8,10,14H,5-6,9,11H2,1-2H3,(H,25,27). The minimum atomic E-state index is -4.54. The highest BCUT2D eigenvalue weighted by atomic mass is 19.4. The maximum atomic E-state index is 13.1. The molecule has 1 fully saturated rings. The number of nitrogens with zero attached hydrogens (tertiary/aromatic N) is 3. The maximum absolute atomic E-state index is 13.1. The molecule has 0 radical (unpaired) electrons. The van der Waals surface area contributed by atoms with Crippen LogP contribution >= 0.6 is 0 Å². The Hall–Kier alpha value is -2.84. The number of aromatic nitrogens is 2. The van der Waals surface area contributed by atoms with Gasteiger partial charge in [0.15, 0.2) is 0 Å². The number of amides is 2. The summed E-state index contributed by atoms with van der Waals surface area (Å²) in [6.07, 6.45) is -3.49. The van der Waals surface area contributed by atoms with Gasteiger partial charge >= 0.3 is 18.2 Å². The second-order valence-electron chi connectivity index (χ2n) is 6.73. The second kappa shape index (κ2) is 8.04. The molecular formula is C19H21F3N4O2. The molecule has 1 unspecified atom stereocenters. The van der Waals surface area contributed by atoms with Gasteiger partial charge in [0.1, 0.15) is 6.10 Å². The van der Waals surface area contributed by atoms with E-state index in [0.29, 0.717) is 19.4 Å². The van der Waals surface area contributed by atoms with Crippen LogP contribution in [0.4, 0.5) is 23.7 Å². The third-order valence-corrected chi connectivity index (χ3v) is 4.37. The van der Waals surface area contributed by atoms with E-state index in [9.17, 15) is 18.0 Å². The number of likely N-dealkylation sites (tertiary alicyclic amines) is 1. The summed E-state index contributed by atoms with van der Waals surface area (Å²) < 4.78 is 45.1. The lowest BCUT2D eigenvalue weighted by atomic mass is 10.1. The lowest BCUT2D eigenvalue weighted by molar-refractivity contribution is -0.136. The number of urea groups is 1. The molecule has 1 saturated heterocycles. The molecule has 0 spiro atoms. The van der Waals surface area contributed by atoms with E-state index in [0.717, 1.165) is 17.5 Å². The molecule has 28 heavy (non-hydrogen) atoms. The van der Waals surface area contributed by atoms with Gasteiger partial charge in [0.2, 0.25) is 0 Å². The van der Waals surface area contributed by atoms with E-state index in [1.165, 1.54) is 23.1 Å². The first kappa shape index (κ1) is 19.9. The van der Waals surface area contributed by atoms with Gasteiger partial charge in [-0.2, -0.15) is 13.2 Å². The molecule has 1 aliphatic rings. The minimum absolute atomic E-state index is 0.243. The zero-order valence-corrected chi connectivity index (χ0v) is 15.6. The molecule has 2 heterocycles. The maximum Gasteiger partial charge on any atom is 0.418 e. The number of rotatable bonds is 3. The molecule has 2 aromatic rings. The van der Waals surface area contributed by atoms with E-state index < -0.39 is 17.8 Å². The molecular weight excluding hydrogens is 373 g/mol. The number of ether oxygens (including phenoxy) is 1. The molecule has 6 nitrogen and oxygen atoms in total. The summed E-state index contributed by atoms with van der Waals surface area (Å²) in [5.74, 6) is 0. The number of carbonyl (C=O) groups is 1. The van der Waals surface area contributed by atoms with Crippen LogP contribution < -0.4 is 10.1 Å².